The predicted molar refractivity (Wildman–Crippen MR) is 103 cm³/mol. The van der Waals surface area contributed by atoms with E-state index in [0.717, 1.165) is 25.2 Å². The summed E-state index contributed by atoms with van der Waals surface area (Å²) in [4.78, 5) is 18.4. The van der Waals surface area contributed by atoms with E-state index >= 15 is 0 Å². The van der Waals surface area contributed by atoms with Crippen LogP contribution in [-0.4, -0.2) is 46.5 Å². The molecule has 0 N–H and O–H groups in total. The van der Waals surface area contributed by atoms with E-state index in [1.807, 2.05) is 24.0 Å². The summed E-state index contributed by atoms with van der Waals surface area (Å²) in [7, 11) is 3.39. The molecule has 3 aliphatic rings. The normalized spacial score (nSPS) is 26.1. The molecule has 3 atom stereocenters. The van der Waals surface area contributed by atoms with Gasteiger partial charge in [-0.3, -0.25) is 4.68 Å². The Balaban J connectivity index is 1.20. The quantitative estimate of drug-likeness (QED) is 0.716. The fourth-order valence-electron chi connectivity index (χ4n) is 4.76. The average molecular weight is 382 g/mol. The third kappa shape index (κ3) is 3.07. The van der Waals surface area contributed by atoms with Crippen LogP contribution in [0.1, 0.15) is 53.2 Å². The Hall–Kier alpha value is -2.41. The van der Waals surface area contributed by atoms with Gasteiger partial charge in [0.2, 0.25) is 0 Å². The lowest BCUT2D eigenvalue weighted by molar-refractivity contribution is 0.00936. The first-order chi connectivity index (χ1) is 13.6. The molecule has 2 bridgehead atoms. The number of hydrogen-bond acceptors (Lipinski definition) is 6. The van der Waals surface area contributed by atoms with E-state index in [9.17, 15) is 4.79 Å². The maximum Gasteiger partial charge on any atom is 0.339 e. The molecule has 5 rings (SSSR count). The number of ether oxygens (including phenoxy) is 2. The fraction of sp³-hybridized carbons (Fsp3) is 0.571. The molecule has 3 fully saturated rings. The number of anilines is 1. The molecule has 0 amide bonds. The van der Waals surface area contributed by atoms with Crippen molar-refractivity contribution in [3.8, 4) is 0 Å². The first-order valence-corrected chi connectivity index (χ1v) is 10.1. The molecule has 0 aromatic carbocycles. The van der Waals surface area contributed by atoms with Crippen LogP contribution >= 0.6 is 0 Å². The Kier molecular flexibility index (Phi) is 4.34. The lowest BCUT2D eigenvalue weighted by atomic mass is 10.1. The van der Waals surface area contributed by atoms with E-state index in [4.69, 9.17) is 9.47 Å². The maximum atomic E-state index is 11.6. The summed E-state index contributed by atoms with van der Waals surface area (Å²) >= 11 is 0. The molecule has 148 valence electrons. The number of methoxy groups -OCH3 is 1. The van der Waals surface area contributed by atoms with Crippen LogP contribution in [0.25, 0.3) is 0 Å². The molecule has 2 aromatic rings. The minimum Gasteiger partial charge on any atom is -0.465 e. The molecular formula is C21H26N4O3. The van der Waals surface area contributed by atoms with Gasteiger partial charge in [0, 0.05) is 31.7 Å². The second-order valence-corrected chi connectivity index (χ2v) is 8.23. The molecule has 0 radical (unpaired) electrons. The number of nitrogens with zero attached hydrogens (tertiary/aromatic N) is 4. The van der Waals surface area contributed by atoms with Crippen molar-refractivity contribution < 1.29 is 14.3 Å². The number of pyridine rings is 1. The predicted octanol–water partition coefficient (Wildman–Crippen LogP) is 2.66. The highest BCUT2D eigenvalue weighted by molar-refractivity contribution is 5.89. The number of esters is 1. The van der Waals surface area contributed by atoms with Gasteiger partial charge in [0.05, 0.1) is 37.3 Å². The summed E-state index contributed by atoms with van der Waals surface area (Å²) in [5, 5.41) is 4.44. The molecule has 0 spiro atoms. The van der Waals surface area contributed by atoms with E-state index in [0.29, 0.717) is 36.2 Å². The van der Waals surface area contributed by atoms with Crippen LogP contribution in [0.3, 0.4) is 0 Å². The molecule has 1 aliphatic heterocycles. The first-order valence-electron chi connectivity index (χ1n) is 10.1. The van der Waals surface area contributed by atoms with Crippen molar-refractivity contribution in [3.63, 3.8) is 0 Å². The Labute approximate surface area is 164 Å². The Morgan fingerprint density at radius 2 is 2.11 bits per heavy atom. The van der Waals surface area contributed by atoms with Gasteiger partial charge in [0.15, 0.2) is 0 Å². The molecule has 2 saturated carbocycles. The lowest BCUT2D eigenvalue weighted by Crippen LogP contribution is -2.39. The zero-order valence-electron chi connectivity index (χ0n) is 16.4. The van der Waals surface area contributed by atoms with Crippen LogP contribution in [0.5, 0.6) is 0 Å². The van der Waals surface area contributed by atoms with Crippen LogP contribution in [-0.2, 0) is 23.1 Å². The molecule has 2 aromatic heterocycles. The highest BCUT2D eigenvalue weighted by Gasteiger charge is 2.46. The van der Waals surface area contributed by atoms with Crippen molar-refractivity contribution in [2.24, 2.45) is 13.0 Å². The number of carbonyl (C=O) groups is 1. The summed E-state index contributed by atoms with van der Waals surface area (Å²) in [5.41, 5.74) is 3.10. The molecule has 28 heavy (non-hydrogen) atoms. The average Bonchev–Trinajstić information content (AvgIpc) is 3.21. The van der Waals surface area contributed by atoms with E-state index in [1.165, 1.54) is 31.2 Å². The van der Waals surface area contributed by atoms with Crippen molar-refractivity contribution in [2.75, 3.05) is 18.6 Å². The molecule has 7 nitrogen and oxygen atoms in total. The zero-order valence-corrected chi connectivity index (χ0v) is 16.4. The highest BCUT2D eigenvalue weighted by Crippen LogP contribution is 2.43. The fourth-order valence-corrected chi connectivity index (χ4v) is 4.76. The van der Waals surface area contributed by atoms with Crippen molar-refractivity contribution in [1.82, 2.24) is 14.8 Å². The largest absolute Gasteiger partial charge is 0.465 e. The number of rotatable bonds is 6. The molecule has 3 unspecified atom stereocenters. The Bertz CT molecular complexity index is 874. The molecular weight excluding hydrogens is 356 g/mol. The summed E-state index contributed by atoms with van der Waals surface area (Å²) in [6.45, 7) is 1.61. The van der Waals surface area contributed by atoms with Crippen LogP contribution < -0.4 is 4.90 Å². The van der Waals surface area contributed by atoms with Gasteiger partial charge in [-0.05, 0) is 49.3 Å². The van der Waals surface area contributed by atoms with E-state index in [2.05, 4.69) is 15.0 Å². The molecule has 2 aliphatic carbocycles. The van der Waals surface area contributed by atoms with Crippen LogP contribution in [0.4, 0.5) is 5.82 Å². The SMILES string of the molecule is COC(=O)c1ccc(N2CC3CC2CC3OCc2c(C3CC3)cnn2C)nc1. The van der Waals surface area contributed by atoms with Gasteiger partial charge in [-0.15, -0.1) is 0 Å². The first kappa shape index (κ1) is 17.7. The number of aromatic nitrogens is 3. The molecule has 3 heterocycles. The van der Waals surface area contributed by atoms with Gasteiger partial charge in [0.1, 0.15) is 5.82 Å². The third-order valence-corrected chi connectivity index (χ3v) is 6.49. The van der Waals surface area contributed by atoms with Crippen molar-refractivity contribution in [3.05, 3.63) is 41.3 Å². The van der Waals surface area contributed by atoms with E-state index in [1.54, 1.807) is 12.3 Å². The third-order valence-electron chi connectivity index (χ3n) is 6.49. The number of piperidine rings is 1. The van der Waals surface area contributed by atoms with Gasteiger partial charge < -0.3 is 14.4 Å². The number of hydrogen-bond donors (Lipinski definition) is 0. The molecule has 1 saturated heterocycles. The summed E-state index contributed by atoms with van der Waals surface area (Å²) in [6.07, 6.45) is 8.66. The Morgan fingerprint density at radius 1 is 1.25 bits per heavy atom. The van der Waals surface area contributed by atoms with Crippen LogP contribution in [0.2, 0.25) is 0 Å². The van der Waals surface area contributed by atoms with Gasteiger partial charge in [-0.25, -0.2) is 9.78 Å². The van der Waals surface area contributed by atoms with Gasteiger partial charge in [-0.1, -0.05) is 0 Å². The zero-order chi connectivity index (χ0) is 19.3. The molecule has 7 heteroatoms. The van der Waals surface area contributed by atoms with E-state index in [-0.39, 0.29) is 5.97 Å². The monoisotopic (exact) mass is 382 g/mol. The second kappa shape index (κ2) is 6.88. The van der Waals surface area contributed by atoms with Gasteiger partial charge in [-0.2, -0.15) is 5.10 Å². The minimum atomic E-state index is -0.351. The second-order valence-electron chi connectivity index (χ2n) is 8.23. The van der Waals surface area contributed by atoms with Crippen LogP contribution in [0.15, 0.2) is 24.5 Å². The van der Waals surface area contributed by atoms with Crippen molar-refractivity contribution >= 4 is 11.8 Å². The number of carbonyl (C=O) groups excluding carboxylic acids is 1. The summed E-state index contributed by atoms with van der Waals surface area (Å²) < 4.78 is 13.1. The minimum absolute atomic E-state index is 0.303. The van der Waals surface area contributed by atoms with Gasteiger partial charge >= 0.3 is 5.97 Å². The highest BCUT2D eigenvalue weighted by atomic mass is 16.5. The lowest BCUT2D eigenvalue weighted by Gasteiger charge is -2.32. The number of aryl methyl sites for hydroxylation is 1. The summed E-state index contributed by atoms with van der Waals surface area (Å²) in [6, 6.07) is 4.16. The standard InChI is InChI=1S/C21H26N4O3/c1-24-18(17(10-23-24)13-3-4-13)12-28-19-8-16-7-15(19)11-25(16)20-6-5-14(9-22-20)21(26)27-2/h5-6,9-10,13,15-16,19H,3-4,7-8,11-12H2,1-2H3. The maximum absolute atomic E-state index is 11.6. The van der Waals surface area contributed by atoms with E-state index < -0.39 is 0 Å². The van der Waals surface area contributed by atoms with Crippen molar-refractivity contribution in [2.45, 2.75) is 50.4 Å². The topological polar surface area (TPSA) is 69.5 Å². The number of fused-ring (bicyclic) bond motifs is 2. The van der Waals surface area contributed by atoms with Crippen molar-refractivity contribution in [1.29, 1.82) is 0 Å². The smallest absolute Gasteiger partial charge is 0.339 e. The Morgan fingerprint density at radius 3 is 2.75 bits per heavy atom. The summed E-state index contributed by atoms with van der Waals surface area (Å²) in [5.74, 6) is 1.81. The van der Waals surface area contributed by atoms with Crippen LogP contribution in [0, 0.1) is 5.92 Å². The van der Waals surface area contributed by atoms with Gasteiger partial charge in [0.25, 0.3) is 0 Å².